The molecule has 0 bridgehead atoms. The van der Waals surface area contributed by atoms with Gasteiger partial charge in [0.05, 0.1) is 17.3 Å². The maximum absolute atomic E-state index is 12.9. The summed E-state index contributed by atoms with van der Waals surface area (Å²) in [5, 5.41) is 8.89. The Morgan fingerprint density at radius 2 is 1.46 bits per heavy atom. The van der Waals surface area contributed by atoms with E-state index in [4.69, 9.17) is 5.26 Å². The average molecular weight is 319 g/mol. The highest BCUT2D eigenvalue weighted by Gasteiger charge is 2.52. The fourth-order valence-corrected chi connectivity index (χ4v) is 2.83. The summed E-state index contributed by atoms with van der Waals surface area (Å²) in [7, 11) is 0. The second-order valence-corrected chi connectivity index (χ2v) is 6.31. The van der Waals surface area contributed by atoms with Crippen molar-refractivity contribution < 1.29 is 9.59 Å². The van der Waals surface area contributed by atoms with Gasteiger partial charge in [-0.2, -0.15) is 5.26 Å². The monoisotopic (exact) mass is 319 g/mol. The Bertz CT molecular complexity index is 846. The van der Waals surface area contributed by atoms with E-state index in [1.54, 1.807) is 38.1 Å². The van der Waals surface area contributed by atoms with Crippen LogP contribution in [0.3, 0.4) is 0 Å². The quantitative estimate of drug-likeness (QED) is 0.794. The molecule has 0 aromatic heterocycles. The van der Waals surface area contributed by atoms with Crippen molar-refractivity contribution in [3.05, 3.63) is 59.7 Å². The Labute approximate surface area is 140 Å². The zero-order valence-electron chi connectivity index (χ0n) is 13.8. The molecule has 2 aromatic carbocycles. The molecule has 0 aliphatic carbocycles. The molecule has 5 nitrogen and oxygen atoms in total. The molecule has 24 heavy (non-hydrogen) atoms. The van der Waals surface area contributed by atoms with Crippen LogP contribution in [0.5, 0.6) is 0 Å². The van der Waals surface area contributed by atoms with Crippen molar-refractivity contribution >= 4 is 23.3 Å². The molecule has 1 fully saturated rings. The molecule has 0 spiro atoms. The Hall–Kier alpha value is -3.13. The first-order valence-electron chi connectivity index (χ1n) is 7.62. The van der Waals surface area contributed by atoms with Gasteiger partial charge in [-0.25, -0.2) is 9.69 Å². The zero-order valence-corrected chi connectivity index (χ0v) is 13.8. The Kier molecular flexibility index (Phi) is 3.61. The van der Waals surface area contributed by atoms with Crippen molar-refractivity contribution in [2.24, 2.45) is 0 Å². The maximum atomic E-state index is 12.9. The molecule has 1 aliphatic rings. The number of nitrogens with zero attached hydrogens (tertiary/aromatic N) is 3. The average Bonchev–Trinajstić information content (AvgIpc) is 2.74. The highest BCUT2D eigenvalue weighted by molar-refractivity contribution is 6.30. The van der Waals surface area contributed by atoms with Gasteiger partial charge in [-0.1, -0.05) is 17.7 Å². The molecule has 0 saturated carbocycles. The minimum absolute atomic E-state index is 0.294. The highest BCUT2D eigenvalue weighted by Crippen LogP contribution is 2.36. The molecule has 0 atom stereocenters. The van der Waals surface area contributed by atoms with Gasteiger partial charge in [-0.3, -0.25) is 9.69 Å². The predicted molar refractivity (Wildman–Crippen MR) is 91.8 cm³/mol. The number of aryl methyl sites for hydroxylation is 1. The molecular formula is C19H17N3O2. The lowest BCUT2D eigenvalue weighted by molar-refractivity contribution is -0.120. The number of hydrogen-bond acceptors (Lipinski definition) is 3. The molecule has 3 rings (SSSR count). The van der Waals surface area contributed by atoms with Crippen LogP contribution in [-0.2, 0) is 4.79 Å². The number of amides is 3. The first-order chi connectivity index (χ1) is 11.4. The summed E-state index contributed by atoms with van der Waals surface area (Å²) in [6.45, 7) is 5.43. The molecule has 0 radical (unpaired) electrons. The molecule has 1 saturated heterocycles. The SMILES string of the molecule is Cc1ccc(N2C(=O)N(c3ccc(C#N)cc3)C(=O)C2(C)C)cc1. The van der Waals surface area contributed by atoms with Gasteiger partial charge in [0.1, 0.15) is 5.54 Å². The molecule has 2 aromatic rings. The number of rotatable bonds is 2. The third-order valence-corrected chi connectivity index (χ3v) is 4.21. The number of anilines is 2. The van der Waals surface area contributed by atoms with Crippen LogP contribution < -0.4 is 9.80 Å². The molecular weight excluding hydrogens is 302 g/mol. The predicted octanol–water partition coefficient (Wildman–Crippen LogP) is 3.62. The number of benzene rings is 2. The van der Waals surface area contributed by atoms with Crippen LogP contribution in [0.15, 0.2) is 48.5 Å². The topological polar surface area (TPSA) is 64.4 Å². The number of nitriles is 1. The van der Waals surface area contributed by atoms with Crippen molar-refractivity contribution in [2.45, 2.75) is 26.3 Å². The van der Waals surface area contributed by atoms with Crippen molar-refractivity contribution in [3.8, 4) is 6.07 Å². The summed E-state index contributed by atoms with van der Waals surface area (Å²) in [5.41, 5.74) is 1.72. The van der Waals surface area contributed by atoms with Crippen LogP contribution in [0.2, 0.25) is 0 Å². The van der Waals surface area contributed by atoms with E-state index in [2.05, 4.69) is 0 Å². The zero-order chi connectivity index (χ0) is 17.5. The van der Waals surface area contributed by atoms with Gasteiger partial charge in [-0.15, -0.1) is 0 Å². The van der Waals surface area contributed by atoms with E-state index in [0.29, 0.717) is 16.9 Å². The fraction of sp³-hybridized carbons (Fsp3) is 0.211. The van der Waals surface area contributed by atoms with Crippen molar-refractivity contribution in [2.75, 3.05) is 9.80 Å². The van der Waals surface area contributed by atoms with Gasteiger partial charge in [-0.05, 0) is 57.2 Å². The van der Waals surface area contributed by atoms with Gasteiger partial charge >= 0.3 is 6.03 Å². The highest BCUT2D eigenvalue weighted by atomic mass is 16.2. The van der Waals surface area contributed by atoms with E-state index < -0.39 is 11.6 Å². The van der Waals surface area contributed by atoms with E-state index in [1.807, 2.05) is 37.3 Å². The molecule has 5 heteroatoms. The first kappa shape index (κ1) is 15.8. The fourth-order valence-electron chi connectivity index (χ4n) is 2.83. The Morgan fingerprint density at radius 1 is 0.917 bits per heavy atom. The molecule has 120 valence electrons. The van der Waals surface area contributed by atoms with Crippen LogP contribution in [0.4, 0.5) is 16.2 Å². The lowest BCUT2D eigenvalue weighted by atomic mass is 10.0. The molecule has 3 amide bonds. The summed E-state index contributed by atoms with van der Waals surface area (Å²) < 4.78 is 0. The van der Waals surface area contributed by atoms with Gasteiger partial charge in [0.15, 0.2) is 0 Å². The smallest absolute Gasteiger partial charge is 0.279 e. The van der Waals surface area contributed by atoms with Crippen molar-refractivity contribution in [3.63, 3.8) is 0 Å². The summed E-state index contributed by atoms with van der Waals surface area (Å²) >= 11 is 0. The second-order valence-electron chi connectivity index (χ2n) is 6.31. The van der Waals surface area contributed by atoms with E-state index >= 15 is 0 Å². The standard InChI is InChI=1S/C19H17N3O2/c1-13-4-8-16(9-5-13)22-18(24)21(17(23)19(22,2)3)15-10-6-14(12-20)7-11-15/h4-11H,1-3H3. The first-order valence-corrected chi connectivity index (χ1v) is 7.62. The van der Waals surface area contributed by atoms with Crippen molar-refractivity contribution in [1.82, 2.24) is 0 Å². The van der Waals surface area contributed by atoms with Gasteiger partial charge in [0.25, 0.3) is 5.91 Å². The summed E-state index contributed by atoms with van der Waals surface area (Å²) in [6, 6.07) is 15.5. The minimum Gasteiger partial charge on any atom is -0.279 e. The largest absolute Gasteiger partial charge is 0.336 e. The van der Waals surface area contributed by atoms with Crippen LogP contribution in [-0.4, -0.2) is 17.5 Å². The lowest BCUT2D eigenvalue weighted by Gasteiger charge is -2.27. The van der Waals surface area contributed by atoms with Gasteiger partial charge in [0, 0.05) is 5.69 Å². The molecule has 1 aliphatic heterocycles. The van der Waals surface area contributed by atoms with Gasteiger partial charge in [0.2, 0.25) is 0 Å². The van der Waals surface area contributed by atoms with Crippen LogP contribution in [0.1, 0.15) is 25.0 Å². The number of hydrogen-bond donors (Lipinski definition) is 0. The van der Waals surface area contributed by atoms with Gasteiger partial charge < -0.3 is 0 Å². The van der Waals surface area contributed by atoms with Crippen LogP contribution >= 0.6 is 0 Å². The third-order valence-electron chi connectivity index (χ3n) is 4.21. The minimum atomic E-state index is -0.986. The molecule has 1 heterocycles. The van der Waals surface area contributed by atoms with Crippen molar-refractivity contribution in [1.29, 1.82) is 5.26 Å². The van der Waals surface area contributed by atoms with Crippen LogP contribution in [0, 0.1) is 18.3 Å². The second kappa shape index (κ2) is 5.50. The summed E-state index contributed by atoms with van der Waals surface area (Å²) in [6.07, 6.45) is 0. The summed E-state index contributed by atoms with van der Waals surface area (Å²) in [4.78, 5) is 28.5. The molecule has 0 N–H and O–H groups in total. The number of carbonyl (C=O) groups is 2. The van der Waals surface area contributed by atoms with E-state index in [-0.39, 0.29) is 5.91 Å². The number of imide groups is 1. The summed E-state index contributed by atoms with van der Waals surface area (Å²) in [5.74, 6) is -0.294. The normalized spacial score (nSPS) is 16.4. The Morgan fingerprint density at radius 3 is 2.00 bits per heavy atom. The number of urea groups is 1. The van der Waals surface area contributed by atoms with E-state index in [9.17, 15) is 9.59 Å². The third kappa shape index (κ3) is 2.33. The Balaban J connectivity index is 2.04. The van der Waals surface area contributed by atoms with Crippen LogP contribution in [0.25, 0.3) is 0 Å². The number of carbonyl (C=O) groups excluding carboxylic acids is 2. The van der Waals surface area contributed by atoms with E-state index in [1.165, 1.54) is 9.80 Å². The lowest BCUT2D eigenvalue weighted by Crippen LogP contribution is -2.44. The maximum Gasteiger partial charge on any atom is 0.336 e. The molecule has 0 unspecified atom stereocenters. The van der Waals surface area contributed by atoms with E-state index in [0.717, 1.165) is 5.56 Å².